The van der Waals surface area contributed by atoms with E-state index in [9.17, 15) is 9.59 Å². The summed E-state index contributed by atoms with van der Waals surface area (Å²) < 4.78 is 1.52. The Morgan fingerprint density at radius 3 is 2.59 bits per heavy atom. The molecule has 2 aromatic heterocycles. The molecule has 0 aliphatic carbocycles. The van der Waals surface area contributed by atoms with Crippen LogP contribution in [0.15, 0.2) is 63.6 Å². The number of nitrogens with one attached hydrogen (secondary N) is 2. The van der Waals surface area contributed by atoms with Crippen molar-refractivity contribution in [2.24, 2.45) is 10.2 Å². The molecule has 0 saturated carbocycles. The molecule has 0 spiro atoms. The van der Waals surface area contributed by atoms with E-state index in [0.717, 1.165) is 0 Å². The van der Waals surface area contributed by atoms with Crippen molar-refractivity contribution in [3.05, 3.63) is 80.4 Å². The topological polar surface area (TPSA) is 104 Å². The largest absolute Gasteiger partial charge is 0.321 e. The number of aromatic nitrogens is 3. The summed E-state index contributed by atoms with van der Waals surface area (Å²) in [6.07, 6.45) is 0. The van der Waals surface area contributed by atoms with Gasteiger partial charge in [0.15, 0.2) is 11.5 Å². The number of para-hydroxylation sites is 1. The van der Waals surface area contributed by atoms with Crippen LogP contribution in [0.2, 0.25) is 5.02 Å². The van der Waals surface area contributed by atoms with Crippen LogP contribution in [0.3, 0.4) is 0 Å². The molecule has 1 aliphatic rings. The van der Waals surface area contributed by atoms with Crippen molar-refractivity contribution in [1.29, 1.82) is 0 Å². The van der Waals surface area contributed by atoms with Gasteiger partial charge in [0, 0.05) is 16.3 Å². The number of H-pyrrole nitrogens is 1. The monoisotopic (exact) mass is 404 g/mol. The fourth-order valence-electron chi connectivity index (χ4n) is 3.35. The van der Waals surface area contributed by atoms with E-state index in [1.807, 2.05) is 12.1 Å². The third-order valence-corrected chi connectivity index (χ3v) is 5.01. The molecule has 0 atom stereocenters. The van der Waals surface area contributed by atoms with Crippen molar-refractivity contribution < 1.29 is 4.79 Å². The van der Waals surface area contributed by atoms with Crippen molar-refractivity contribution in [2.75, 3.05) is 5.32 Å². The van der Waals surface area contributed by atoms with Crippen LogP contribution in [0.5, 0.6) is 0 Å². The molecular weight excluding hydrogens is 392 g/mol. The highest BCUT2D eigenvalue weighted by atomic mass is 35.5. The van der Waals surface area contributed by atoms with Gasteiger partial charge in [-0.2, -0.15) is 0 Å². The molecule has 2 N–H and O–H groups in total. The summed E-state index contributed by atoms with van der Waals surface area (Å²) in [5.74, 6) is 0.00883. The highest BCUT2D eigenvalue weighted by Gasteiger charge is 2.27. The Bertz CT molecular complexity index is 1430. The van der Waals surface area contributed by atoms with Gasteiger partial charge in [0.1, 0.15) is 0 Å². The number of imidazole rings is 1. The second kappa shape index (κ2) is 6.39. The Labute approximate surface area is 168 Å². The Balaban J connectivity index is 1.71. The molecule has 9 heteroatoms. The number of amides is 1. The van der Waals surface area contributed by atoms with Crippen LogP contribution in [-0.4, -0.2) is 20.5 Å². The summed E-state index contributed by atoms with van der Waals surface area (Å²) >= 11 is 5.88. The predicted molar refractivity (Wildman–Crippen MR) is 109 cm³/mol. The van der Waals surface area contributed by atoms with E-state index >= 15 is 0 Å². The number of nitrogens with zero attached hydrogens (tertiary/aromatic N) is 4. The Morgan fingerprint density at radius 1 is 1.03 bits per heavy atom. The number of aryl methyl sites for hydroxylation is 1. The quantitative estimate of drug-likeness (QED) is 0.501. The Morgan fingerprint density at radius 2 is 1.79 bits per heavy atom. The average Bonchev–Trinajstić information content (AvgIpc) is 3.31. The third kappa shape index (κ3) is 2.73. The molecule has 0 saturated heterocycles. The number of aromatic amines is 1. The number of carbonyl (C=O) groups is 1. The Kier molecular flexibility index (Phi) is 3.82. The number of hydrogen-bond donors (Lipinski definition) is 2. The van der Waals surface area contributed by atoms with Gasteiger partial charge in [-0.15, -0.1) is 10.2 Å². The lowest BCUT2D eigenvalue weighted by Crippen LogP contribution is -2.27. The van der Waals surface area contributed by atoms with E-state index in [1.165, 1.54) is 4.52 Å². The maximum absolute atomic E-state index is 12.6. The van der Waals surface area contributed by atoms with E-state index in [4.69, 9.17) is 11.6 Å². The summed E-state index contributed by atoms with van der Waals surface area (Å²) in [6.45, 7) is 1.77. The van der Waals surface area contributed by atoms with Gasteiger partial charge in [-0.3, -0.25) is 14.7 Å². The number of halogens is 1. The number of hydrogen-bond acceptors (Lipinski definition) is 5. The second-order valence-corrected chi connectivity index (χ2v) is 6.98. The molecule has 8 nitrogen and oxygen atoms in total. The number of fused-ring (bicyclic) bond motifs is 2. The predicted octanol–water partition coefficient (Wildman–Crippen LogP) is 3.27. The zero-order chi connectivity index (χ0) is 20.1. The minimum atomic E-state index is -0.390. The molecular formula is C20H13ClN6O2. The zero-order valence-electron chi connectivity index (χ0n) is 15.1. The molecule has 4 aromatic rings. The van der Waals surface area contributed by atoms with Gasteiger partial charge in [0.2, 0.25) is 0 Å². The maximum atomic E-state index is 12.6. The van der Waals surface area contributed by atoms with Crippen molar-refractivity contribution in [3.63, 3.8) is 0 Å². The molecule has 5 rings (SSSR count). The first-order valence-corrected chi connectivity index (χ1v) is 9.14. The number of benzene rings is 2. The van der Waals surface area contributed by atoms with Crippen LogP contribution < -0.4 is 16.1 Å². The van der Waals surface area contributed by atoms with Crippen LogP contribution in [0, 0.1) is 6.92 Å². The smallest absolute Gasteiger partial charge is 0.274 e. The fourth-order valence-corrected chi connectivity index (χ4v) is 3.48. The summed E-state index contributed by atoms with van der Waals surface area (Å²) in [5, 5.41) is 14.7. The van der Waals surface area contributed by atoms with Gasteiger partial charge in [0.25, 0.3) is 11.5 Å². The summed E-state index contributed by atoms with van der Waals surface area (Å²) in [4.78, 5) is 29.7. The van der Waals surface area contributed by atoms with Gasteiger partial charge in [-0.05, 0) is 37.3 Å². The molecule has 0 radical (unpaired) electrons. The molecule has 29 heavy (non-hydrogen) atoms. The van der Waals surface area contributed by atoms with Crippen molar-refractivity contribution in [1.82, 2.24) is 14.6 Å². The molecule has 2 aromatic carbocycles. The molecule has 0 unspecified atom stereocenters. The van der Waals surface area contributed by atoms with Gasteiger partial charge in [-0.1, -0.05) is 29.8 Å². The first-order valence-electron chi connectivity index (χ1n) is 8.76. The van der Waals surface area contributed by atoms with Crippen LogP contribution in [-0.2, 0) is 4.79 Å². The van der Waals surface area contributed by atoms with Gasteiger partial charge in [-0.25, -0.2) is 9.50 Å². The van der Waals surface area contributed by atoms with Gasteiger partial charge in [0.05, 0.1) is 22.2 Å². The molecule has 142 valence electrons. The number of rotatable bonds is 2. The highest BCUT2D eigenvalue weighted by Crippen LogP contribution is 2.29. The highest BCUT2D eigenvalue weighted by molar-refractivity contribution is 6.31. The lowest BCUT2D eigenvalue weighted by Gasteiger charge is -1.94. The standard InChI is InChI=1S/C20H13ClN6O2/c1-10-17(25-24-12-8-6-11(21)7-9-12)23-18-16(20(29)26-27(10)18)15-13-4-2-3-5-14(13)22-19(15)28/h2-9H,1H3,(H,22,28)(H,26,29)/b16-15+,25-24?. The molecule has 3 heterocycles. The van der Waals surface area contributed by atoms with E-state index < -0.39 is 5.56 Å². The first-order chi connectivity index (χ1) is 14.0. The molecule has 1 amide bonds. The van der Waals surface area contributed by atoms with E-state index in [1.54, 1.807) is 43.3 Å². The van der Waals surface area contributed by atoms with Crippen molar-refractivity contribution in [2.45, 2.75) is 6.92 Å². The van der Waals surface area contributed by atoms with Gasteiger partial charge < -0.3 is 5.32 Å². The van der Waals surface area contributed by atoms with Crippen LogP contribution in [0.4, 0.5) is 17.2 Å². The summed E-state index contributed by atoms with van der Waals surface area (Å²) in [5.41, 5.74) is 2.79. The van der Waals surface area contributed by atoms with Crippen molar-refractivity contribution in [3.8, 4) is 0 Å². The van der Waals surface area contributed by atoms with Crippen LogP contribution in [0.25, 0.3) is 11.2 Å². The maximum Gasteiger partial charge on any atom is 0.274 e. The van der Waals surface area contributed by atoms with Crippen molar-refractivity contribution >= 4 is 45.9 Å². The molecule has 0 fully saturated rings. The zero-order valence-corrected chi connectivity index (χ0v) is 15.9. The lowest BCUT2D eigenvalue weighted by molar-refractivity contribution is -0.110. The second-order valence-electron chi connectivity index (χ2n) is 6.55. The van der Waals surface area contributed by atoms with E-state index in [2.05, 4.69) is 25.6 Å². The normalized spacial score (nSPS) is 15.3. The summed E-state index contributed by atoms with van der Waals surface area (Å²) in [6, 6.07) is 14.1. The molecule has 1 aliphatic heterocycles. The third-order valence-electron chi connectivity index (χ3n) is 4.76. The van der Waals surface area contributed by atoms with Gasteiger partial charge >= 0.3 is 0 Å². The minimum absolute atomic E-state index is 0.212. The lowest BCUT2D eigenvalue weighted by atomic mass is 10.1. The fraction of sp³-hybridized carbons (Fsp3) is 0.0500. The Hall–Kier alpha value is -3.78. The minimum Gasteiger partial charge on any atom is -0.321 e. The van der Waals surface area contributed by atoms with E-state index in [-0.39, 0.29) is 11.1 Å². The summed E-state index contributed by atoms with van der Waals surface area (Å²) in [7, 11) is 0. The molecule has 0 bridgehead atoms. The SMILES string of the molecule is Cc1c(N=Nc2ccc(Cl)cc2)nc2/c(=C3\C(=O)Nc4ccccc43)c(=O)[nH]n12. The number of azo groups is 1. The first kappa shape index (κ1) is 17.3. The van der Waals surface area contributed by atoms with E-state index in [0.29, 0.717) is 44.7 Å². The average molecular weight is 405 g/mol. The number of anilines is 1. The number of carbonyl (C=O) groups excluding carboxylic acids is 1. The van der Waals surface area contributed by atoms with Crippen LogP contribution in [0.1, 0.15) is 11.3 Å². The van der Waals surface area contributed by atoms with Crippen LogP contribution >= 0.6 is 11.6 Å².